The van der Waals surface area contributed by atoms with Gasteiger partial charge in [0.1, 0.15) is 0 Å². The van der Waals surface area contributed by atoms with E-state index >= 15 is 0 Å². The Morgan fingerprint density at radius 3 is 2.60 bits per heavy atom. The van der Waals surface area contributed by atoms with Crippen LogP contribution in [0.25, 0.3) is 0 Å². The molecule has 0 aliphatic carbocycles. The van der Waals surface area contributed by atoms with Crippen molar-refractivity contribution in [3.63, 3.8) is 0 Å². The van der Waals surface area contributed by atoms with Gasteiger partial charge in [-0.2, -0.15) is 0 Å². The van der Waals surface area contributed by atoms with E-state index < -0.39 is 5.54 Å². The van der Waals surface area contributed by atoms with E-state index in [0.717, 1.165) is 12.8 Å². The van der Waals surface area contributed by atoms with Crippen molar-refractivity contribution in [2.45, 2.75) is 51.5 Å². The number of rotatable bonds is 5. The third kappa shape index (κ3) is 3.58. The lowest BCUT2D eigenvalue weighted by Gasteiger charge is -2.32. The molecule has 0 amide bonds. The highest BCUT2D eigenvalue weighted by Gasteiger charge is 2.35. The van der Waals surface area contributed by atoms with Crippen LogP contribution in [0.5, 0.6) is 0 Å². The smallest absolute Gasteiger partial charge is 0.153 e. The average Bonchev–Trinajstić information content (AvgIpc) is 2.19. The Morgan fingerprint density at radius 2 is 2.07 bits per heavy atom. The number of nitrogens with two attached hydrogens (primary N) is 1. The first kappa shape index (κ1) is 12.7. The molecule has 1 saturated heterocycles. The number of ether oxygens (including phenoxy) is 1. The molecule has 1 aliphatic heterocycles. The van der Waals surface area contributed by atoms with Gasteiger partial charge >= 0.3 is 0 Å². The van der Waals surface area contributed by atoms with Gasteiger partial charge in [-0.1, -0.05) is 26.7 Å². The summed E-state index contributed by atoms with van der Waals surface area (Å²) in [5.74, 6) is 0.692. The van der Waals surface area contributed by atoms with Crippen LogP contribution in [0, 0.1) is 5.92 Å². The molecule has 0 aromatic rings. The second kappa shape index (κ2) is 5.61. The van der Waals surface area contributed by atoms with E-state index in [0.29, 0.717) is 38.4 Å². The van der Waals surface area contributed by atoms with Crippen LogP contribution in [-0.2, 0) is 9.53 Å². The lowest BCUT2D eigenvalue weighted by molar-refractivity contribution is -0.128. The van der Waals surface area contributed by atoms with Crippen molar-refractivity contribution in [1.29, 1.82) is 0 Å². The summed E-state index contributed by atoms with van der Waals surface area (Å²) in [5.41, 5.74) is 5.52. The summed E-state index contributed by atoms with van der Waals surface area (Å²) < 4.78 is 5.24. The Bertz CT molecular complexity index is 210. The zero-order chi connectivity index (χ0) is 11.3. The van der Waals surface area contributed by atoms with Crippen molar-refractivity contribution in [2.75, 3.05) is 13.2 Å². The van der Waals surface area contributed by atoms with Crippen LogP contribution in [0.1, 0.15) is 46.0 Å². The predicted octanol–water partition coefficient (Wildman–Crippen LogP) is 1.89. The molecule has 15 heavy (non-hydrogen) atoms. The third-order valence-electron chi connectivity index (χ3n) is 3.26. The molecule has 0 bridgehead atoms. The molecule has 0 saturated carbocycles. The van der Waals surface area contributed by atoms with E-state index in [9.17, 15) is 4.79 Å². The molecule has 1 aliphatic rings. The van der Waals surface area contributed by atoms with Gasteiger partial charge in [0.2, 0.25) is 0 Å². The Hall–Kier alpha value is -0.410. The number of ketones is 1. The molecule has 1 rings (SSSR count). The molecule has 0 aromatic carbocycles. The first-order valence-corrected chi connectivity index (χ1v) is 5.98. The van der Waals surface area contributed by atoms with Crippen LogP contribution in [0.15, 0.2) is 0 Å². The van der Waals surface area contributed by atoms with E-state index in [1.807, 2.05) is 0 Å². The SMILES string of the molecule is CCCC(C)CC(=O)C1(N)CCOCC1. The molecule has 1 fully saturated rings. The Morgan fingerprint density at radius 1 is 1.47 bits per heavy atom. The number of carbonyl (C=O) groups is 1. The second-order valence-corrected chi connectivity index (χ2v) is 4.79. The minimum Gasteiger partial charge on any atom is -0.381 e. The third-order valence-corrected chi connectivity index (χ3v) is 3.26. The monoisotopic (exact) mass is 213 g/mol. The average molecular weight is 213 g/mol. The summed E-state index contributed by atoms with van der Waals surface area (Å²) in [6, 6.07) is 0. The Balaban J connectivity index is 2.44. The van der Waals surface area contributed by atoms with Crippen molar-refractivity contribution in [2.24, 2.45) is 11.7 Å². The summed E-state index contributed by atoms with van der Waals surface area (Å²) in [5, 5.41) is 0. The topological polar surface area (TPSA) is 52.3 Å². The fourth-order valence-electron chi connectivity index (χ4n) is 2.13. The van der Waals surface area contributed by atoms with Gasteiger partial charge in [0.15, 0.2) is 5.78 Å². The van der Waals surface area contributed by atoms with Crippen LogP contribution < -0.4 is 5.73 Å². The predicted molar refractivity (Wildman–Crippen MR) is 60.7 cm³/mol. The van der Waals surface area contributed by atoms with Crippen LogP contribution in [0.3, 0.4) is 0 Å². The van der Waals surface area contributed by atoms with E-state index in [4.69, 9.17) is 10.5 Å². The molecular formula is C12H23NO2. The summed E-state index contributed by atoms with van der Waals surface area (Å²) in [4.78, 5) is 12.0. The molecule has 0 spiro atoms. The van der Waals surface area contributed by atoms with Gasteiger partial charge in [-0.05, 0) is 18.8 Å². The highest BCUT2D eigenvalue weighted by Crippen LogP contribution is 2.23. The highest BCUT2D eigenvalue weighted by atomic mass is 16.5. The zero-order valence-corrected chi connectivity index (χ0v) is 9.92. The molecule has 1 atom stereocenters. The molecule has 2 N–H and O–H groups in total. The van der Waals surface area contributed by atoms with Crippen molar-refractivity contribution < 1.29 is 9.53 Å². The highest BCUT2D eigenvalue weighted by molar-refractivity contribution is 5.88. The van der Waals surface area contributed by atoms with Crippen molar-refractivity contribution >= 4 is 5.78 Å². The van der Waals surface area contributed by atoms with E-state index in [1.165, 1.54) is 0 Å². The van der Waals surface area contributed by atoms with Gasteiger partial charge in [0, 0.05) is 19.6 Å². The van der Waals surface area contributed by atoms with Gasteiger partial charge in [0.25, 0.3) is 0 Å². The van der Waals surface area contributed by atoms with Gasteiger partial charge in [-0.25, -0.2) is 0 Å². The summed E-state index contributed by atoms with van der Waals surface area (Å²) in [7, 11) is 0. The van der Waals surface area contributed by atoms with Gasteiger partial charge in [-0.3, -0.25) is 4.79 Å². The molecule has 1 unspecified atom stereocenters. The molecule has 3 nitrogen and oxygen atoms in total. The maximum atomic E-state index is 12.0. The summed E-state index contributed by atoms with van der Waals surface area (Å²) in [6.07, 6.45) is 4.24. The van der Waals surface area contributed by atoms with Crippen LogP contribution in [-0.4, -0.2) is 24.5 Å². The molecule has 0 radical (unpaired) electrons. The van der Waals surface area contributed by atoms with Crippen LogP contribution in [0.2, 0.25) is 0 Å². The largest absolute Gasteiger partial charge is 0.381 e. The first-order chi connectivity index (χ1) is 7.08. The van der Waals surface area contributed by atoms with Crippen molar-refractivity contribution in [3.8, 4) is 0 Å². The molecule has 3 heteroatoms. The molecular weight excluding hydrogens is 190 g/mol. The van der Waals surface area contributed by atoms with E-state index in [2.05, 4.69) is 13.8 Å². The zero-order valence-electron chi connectivity index (χ0n) is 9.92. The fraction of sp³-hybridized carbons (Fsp3) is 0.917. The lowest BCUT2D eigenvalue weighted by atomic mass is 9.82. The first-order valence-electron chi connectivity index (χ1n) is 5.98. The molecule has 0 aromatic heterocycles. The Kier molecular flexibility index (Phi) is 4.74. The summed E-state index contributed by atoms with van der Waals surface area (Å²) in [6.45, 7) is 5.53. The van der Waals surface area contributed by atoms with Crippen LogP contribution in [0.4, 0.5) is 0 Å². The van der Waals surface area contributed by atoms with Gasteiger partial charge in [-0.15, -0.1) is 0 Å². The Labute approximate surface area is 92.4 Å². The molecule has 88 valence electrons. The molecule has 1 heterocycles. The summed E-state index contributed by atoms with van der Waals surface area (Å²) >= 11 is 0. The number of hydrogen-bond acceptors (Lipinski definition) is 3. The quantitative estimate of drug-likeness (QED) is 0.758. The number of hydrogen-bond donors (Lipinski definition) is 1. The van der Waals surface area contributed by atoms with E-state index in [-0.39, 0.29) is 5.78 Å². The maximum Gasteiger partial charge on any atom is 0.153 e. The lowest BCUT2D eigenvalue weighted by Crippen LogP contribution is -2.52. The normalized spacial score (nSPS) is 22.3. The van der Waals surface area contributed by atoms with Crippen LogP contribution >= 0.6 is 0 Å². The van der Waals surface area contributed by atoms with Gasteiger partial charge in [0.05, 0.1) is 5.54 Å². The standard InChI is InChI=1S/C12H23NO2/c1-3-4-10(2)9-11(14)12(13)5-7-15-8-6-12/h10H,3-9,13H2,1-2H3. The van der Waals surface area contributed by atoms with E-state index in [1.54, 1.807) is 0 Å². The maximum absolute atomic E-state index is 12.0. The minimum atomic E-state index is -0.597. The number of Topliss-reactive ketones (excluding diaryl/α,β-unsaturated/α-hetero) is 1. The second-order valence-electron chi connectivity index (χ2n) is 4.79. The number of carbonyl (C=O) groups excluding carboxylic acids is 1. The fourth-order valence-corrected chi connectivity index (χ4v) is 2.13. The minimum absolute atomic E-state index is 0.228. The van der Waals surface area contributed by atoms with Gasteiger partial charge < -0.3 is 10.5 Å². The van der Waals surface area contributed by atoms with Crippen molar-refractivity contribution in [1.82, 2.24) is 0 Å². The van der Waals surface area contributed by atoms with Crippen molar-refractivity contribution in [3.05, 3.63) is 0 Å².